The van der Waals surface area contributed by atoms with E-state index in [-0.39, 0.29) is 29.9 Å². The summed E-state index contributed by atoms with van der Waals surface area (Å²) in [6.45, 7) is 7.91. The van der Waals surface area contributed by atoms with Crippen LogP contribution in [0.2, 0.25) is 0 Å². The molecule has 2 bridgehead atoms. The van der Waals surface area contributed by atoms with Crippen LogP contribution in [-0.4, -0.2) is 74.5 Å². The summed E-state index contributed by atoms with van der Waals surface area (Å²) in [5.74, 6) is 0.810. The Morgan fingerprint density at radius 2 is 2.14 bits per heavy atom. The second-order valence-electron chi connectivity index (χ2n) is 10.8. The van der Waals surface area contributed by atoms with Crippen molar-refractivity contribution in [2.45, 2.75) is 63.0 Å². The van der Waals surface area contributed by atoms with Gasteiger partial charge in [-0.1, -0.05) is 5.21 Å². The number of fused-ring (bicyclic) bond motifs is 3. The van der Waals surface area contributed by atoms with Gasteiger partial charge in [0.05, 0.1) is 49.8 Å². The highest BCUT2D eigenvalue weighted by atomic mass is 16.5. The van der Waals surface area contributed by atoms with E-state index in [0.29, 0.717) is 13.2 Å². The summed E-state index contributed by atoms with van der Waals surface area (Å²) in [4.78, 5) is 7.26. The Morgan fingerprint density at radius 3 is 3.00 bits per heavy atom. The van der Waals surface area contributed by atoms with Crippen LogP contribution in [0.3, 0.4) is 0 Å². The number of hydrogen-bond donors (Lipinski definition) is 1. The fourth-order valence-electron chi connectivity index (χ4n) is 6.74. The molecule has 2 atom stereocenters. The average molecular weight is 478 g/mol. The molecule has 0 radical (unpaired) electrons. The van der Waals surface area contributed by atoms with Crippen LogP contribution in [0.25, 0.3) is 10.9 Å². The molecule has 1 spiro atoms. The first kappa shape index (κ1) is 21.7. The number of aliphatic hydroxyl groups is 1. The third-order valence-corrected chi connectivity index (χ3v) is 8.54. The van der Waals surface area contributed by atoms with Gasteiger partial charge >= 0.3 is 0 Å². The predicted octanol–water partition coefficient (Wildman–Crippen LogP) is 2.28. The van der Waals surface area contributed by atoms with Crippen LogP contribution in [0, 0.1) is 6.92 Å². The minimum absolute atomic E-state index is 0.0354. The van der Waals surface area contributed by atoms with Gasteiger partial charge in [0.15, 0.2) is 0 Å². The molecule has 0 amide bonds. The Balaban J connectivity index is 1.10. The van der Waals surface area contributed by atoms with Crippen molar-refractivity contribution in [3.63, 3.8) is 0 Å². The number of ether oxygens (including phenoxy) is 3. The maximum atomic E-state index is 9.50. The SMILES string of the molecule is Cc1nc2ccc(O[C@H](C)c3cn(C45CN6CC(CO)OCC6(C4)C5)nn3)cc2c2c1COCC2. The van der Waals surface area contributed by atoms with Crippen LogP contribution in [0.1, 0.15) is 48.4 Å². The number of morpholine rings is 1. The minimum Gasteiger partial charge on any atom is -0.484 e. The highest BCUT2D eigenvalue weighted by molar-refractivity contribution is 5.85. The Morgan fingerprint density at radius 1 is 1.26 bits per heavy atom. The van der Waals surface area contributed by atoms with Crippen LogP contribution < -0.4 is 4.74 Å². The van der Waals surface area contributed by atoms with Gasteiger partial charge in [-0.2, -0.15) is 0 Å². The zero-order chi connectivity index (χ0) is 23.8. The van der Waals surface area contributed by atoms with Crippen LogP contribution in [-0.2, 0) is 28.0 Å². The maximum Gasteiger partial charge on any atom is 0.141 e. The Hall–Kier alpha value is -2.59. The lowest BCUT2D eigenvalue weighted by atomic mass is 9.67. The largest absolute Gasteiger partial charge is 0.484 e. The first-order valence-corrected chi connectivity index (χ1v) is 12.6. The van der Waals surface area contributed by atoms with E-state index in [4.69, 9.17) is 19.2 Å². The predicted molar refractivity (Wildman–Crippen MR) is 127 cm³/mol. The van der Waals surface area contributed by atoms with Gasteiger partial charge in [-0.3, -0.25) is 9.88 Å². The molecular formula is C26H31N5O4. The van der Waals surface area contributed by atoms with Crippen molar-refractivity contribution in [3.8, 4) is 5.75 Å². The minimum atomic E-state index is -0.227. The molecule has 1 saturated carbocycles. The third-order valence-electron chi connectivity index (χ3n) is 8.54. The van der Waals surface area contributed by atoms with E-state index >= 15 is 0 Å². The molecule has 6 heterocycles. The van der Waals surface area contributed by atoms with Gasteiger partial charge in [0.2, 0.25) is 0 Å². The number of aryl methyl sites for hydroxylation is 1. The number of rotatable bonds is 5. The number of benzene rings is 1. The standard InChI is InChI=1S/C26H31N5O4/c1-16-22-11-33-6-5-20(22)21-7-18(3-4-23(21)27-16)35-17(2)24-9-31(29-28-24)25-12-26(13-25)15-34-19(10-32)8-30(26)14-25/h3-4,7,9,17,19,32H,5-6,8,10-15H2,1-2H3/t17-,19?,25?,26?/m1/s1. The average Bonchev–Trinajstić information content (AvgIpc) is 3.55. The Kier molecular flexibility index (Phi) is 4.77. The molecule has 8 rings (SSSR count). The molecule has 9 heteroatoms. The van der Waals surface area contributed by atoms with Crippen molar-refractivity contribution in [2.75, 3.05) is 32.9 Å². The van der Waals surface area contributed by atoms with Gasteiger partial charge in [-0.15, -0.1) is 5.10 Å². The lowest BCUT2D eigenvalue weighted by Gasteiger charge is -2.50. The van der Waals surface area contributed by atoms with Gasteiger partial charge in [0, 0.05) is 35.3 Å². The van der Waals surface area contributed by atoms with Crippen molar-refractivity contribution in [2.24, 2.45) is 0 Å². The smallest absolute Gasteiger partial charge is 0.141 e. The number of aliphatic hydroxyl groups excluding tert-OH is 1. The number of pyridine rings is 1. The number of hydrogen-bond acceptors (Lipinski definition) is 8. The first-order valence-electron chi connectivity index (χ1n) is 12.6. The summed E-state index contributed by atoms with van der Waals surface area (Å²) in [6.07, 6.45) is 4.66. The maximum absolute atomic E-state index is 9.50. The summed E-state index contributed by atoms with van der Waals surface area (Å²) >= 11 is 0. The molecule has 3 saturated heterocycles. The first-order chi connectivity index (χ1) is 17.0. The van der Waals surface area contributed by atoms with Gasteiger partial charge in [-0.25, -0.2) is 4.68 Å². The van der Waals surface area contributed by atoms with E-state index in [1.54, 1.807) is 0 Å². The summed E-state index contributed by atoms with van der Waals surface area (Å²) < 4.78 is 19.9. The van der Waals surface area contributed by atoms with E-state index < -0.39 is 0 Å². The zero-order valence-electron chi connectivity index (χ0n) is 20.2. The fraction of sp³-hybridized carbons (Fsp3) is 0.577. The lowest BCUT2D eigenvalue weighted by Crippen LogP contribution is -2.60. The van der Waals surface area contributed by atoms with Gasteiger partial charge in [0.1, 0.15) is 17.5 Å². The Labute approximate surface area is 204 Å². The third kappa shape index (κ3) is 3.25. The van der Waals surface area contributed by atoms with Crippen molar-refractivity contribution >= 4 is 10.9 Å². The second-order valence-corrected chi connectivity index (χ2v) is 10.8. The number of aromatic nitrogens is 4. The molecule has 35 heavy (non-hydrogen) atoms. The van der Waals surface area contributed by atoms with Crippen molar-refractivity contribution in [1.29, 1.82) is 0 Å². The van der Waals surface area contributed by atoms with E-state index in [1.165, 1.54) is 11.1 Å². The molecule has 1 aliphatic carbocycles. The van der Waals surface area contributed by atoms with Crippen LogP contribution in [0.5, 0.6) is 5.75 Å². The Bertz CT molecular complexity index is 1300. The summed E-state index contributed by atoms with van der Waals surface area (Å²) in [5.41, 5.74) is 5.46. The molecule has 1 aromatic carbocycles. The molecule has 3 aromatic rings. The quantitative estimate of drug-likeness (QED) is 0.598. The fourth-order valence-corrected chi connectivity index (χ4v) is 6.74. The molecule has 1 unspecified atom stereocenters. The molecule has 2 aromatic heterocycles. The topological polar surface area (TPSA) is 94.8 Å². The molecule has 4 fully saturated rings. The second kappa shape index (κ2) is 7.70. The van der Waals surface area contributed by atoms with Crippen molar-refractivity contribution < 1.29 is 19.3 Å². The van der Waals surface area contributed by atoms with E-state index in [1.807, 2.05) is 29.9 Å². The molecule has 1 N–H and O–H groups in total. The highest BCUT2D eigenvalue weighted by Gasteiger charge is 2.68. The van der Waals surface area contributed by atoms with Crippen LogP contribution in [0.15, 0.2) is 24.4 Å². The van der Waals surface area contributed by atoms with Crippen molar-refractivity contribution in [1.82, 2.24) is 24.9 Å². The number of nitrogens with zero attached hydrogens (tertiary/aromatic N) is 5. The summed E-state index contributed by atoms with van der Waals surface area (Å²) in [6, 6.07) is 6.14. The van der Waals surface area contributed by atoms with Gasteiger partial charge in [-0.05, 0) is 56.9 Å². The van der Waals surface area contributed by atoms with E-state index in [0.717, 1.165) is 67.0 Å². The van der Waals surface area contributed by atoms with E-state index in [9.17, 15) is 5.11 Å². The summed E-state index contributed by atoms with van der Waals surface area (Å²) in [7, 11) is 0. The molecule has 184 valence electrons. The normalized spacial score (nSPS) is 30.5. The molecule has 9 nitrogen and oxygen atoms in total. The monoisotopic (exact) mass is 477 g/mol. The highest BCUT2D eigenvalue weighted by Crippen LogP contribution is 2.58. The van der Waals surface area contributed by atoms with E-state index in [2.05, 4.69) is 28.2 Å². The molecule has 4 aliphatic heterocycles. The summed E-state index contributed by atoms with van der Waals surface area (Å²) in [5, 5.41) is 19.7. The molecular weight excluding hydrogens is 446 g/mol. The van der Waals surface area contributed by atoms with Crippen LogP contribution in [0.4, 0.5) is 0 Å². The van der Waals surface area contributed by atoms with Crippen molar-refractivity contribution in [3.05, 3.63) is 46.9 Å². The van der Waals surface area contributed by atoms with Crippen LogP contribution >= 0.6 is 0 Å². The van der Waals surface area contributed by atoms with Gasteiger partial charge < -0.3 is 19.3 Å². The molecule has 5 aliphatic rings. The lowest BCUT2D eigenvalue weighted by molar-refractivity contribution is -0.123. The van der Waals surface area contributed by atoms with Gasteiger partial charge in [0.25, 0.3) is 0 Å². The zero-order valence-corrected chi connectivity index (χ0v) is 20.2.